The van der Waals surface area contributed by atoms with Gasteiger partial charge in [0.05, 0.1) is 10.9 Å². The Labute approximate surface area is 134 Å². The van der Waals surface area contributed by atoms with E-state index in [1.807, 2.05) is 39.8 Å². The van der Waals surface area contributed by atoms with Crippen LogP contribution in [0.15, 0.2) is 12.1 Å². The number of carbonyl (C=O) groups excluding carboxylic acids is 2. The smallest absolute Gasteiger partial charge is 0.246 e. The topological polar surface area (TPSA) is 49.4 Å². The van der Waals surface area contributed by atoms with Gasteiger partial charge in [0.1, 0.15) is 11.6 Å². The van der Waals surface area contributed by atoms with Crippen LogP contribution in [0.25, 0.3) is 0 Å². The van der Waals surface area contributed by atoms with Crippen LogP contribution in [0.2, 0.25) is 4.34 Å². The maximum Gasteiger partial charge on any atom is 0.246 e. The lowest BCUT2D eigenvalue weighted by atomic mass is 9.87. The Hall–Kier alpha value is -1.07. The number of nitrogens with one attached hydrogen (secondary N) is 1. The quantitative estimate of drug-likeness (QED) is 0.923. The predicted molar refractivity (Wildman–Crippen MR) is 85.3 cm³/mol. The lowest BCUT2D eigenvalue weighted by Crippen LogP contribution is -2.69. The fraction of sp³-hybridized carbons (Fsp3) is 0.600. The summed E-state index contributed by atoms with van der Waals surface area (Å²) in [5.41, 5.74) is -0.807. The summed E-state index contributed by atoms with van der Waals surface area (Å²) in [6, 6.07) is 3.28. The molecule has 2 rings (SSSR count). The second-order valence-electron chi connectivity index (χ2n) is 5.95. The Bertz CT molecular complexity index is 558. The number of thiophene rings is 1. The van der Waals surface area contributed by atoms with Crippen molar-refractivity contribution in [2.24, 2.45) is 5.92 Å². The van der Waals surface area contributed by atoms with E-state index in [1.165, 1.54) is 11.3 Å². The van der Waals surface area contributed by atoms with Crippen molar-refractivity contribution < 1.29 is 9.59 Å². The van der Waals surface area contributed by atoms with Crippen LogP contribution in [-0.2, 0) is 16.1 Å². The van der Waals surface area contributed by atoms with Gasteiger partial charge in [-0.3, -0.25) is 9.59 Å². The third-order valence-electron chi connectivity index (χ3n) is 4.20. The second kappa shape index (κ2) is 5.97. The van der Waals surface area contributed by atoms with Crippen LogP contribution >= 0.6 is 22.9 Å². The number of nitrogens with zero attached hydrogens (tertiary/aromatic N) is 1. The summed E-state index contributed by atoms with van der Waals surface area (Å²) in [6.07, 6.45) is 0.578. The normalized spacial score (nSPS) is 26.4. The summed E-state index contributed by atoms with van der Waals surface area (Å²) in [4.78, 5) is 28.0. The first-order valence-corrected chi connectivity index (χ1v) is 8.35. The number of hydrogen-bond acceptors (Lipinski definition) is 3. The van der Waals surface area contributed by atoms with Crippen LogP contribution in [0.4, 0.5) is 0 Å². The highest BCUT2D eigenvalue weighted by atomic mass is 35.5. The molecule has 2 heterocycles. The molecule has 116 valence electrons. The summed E-state index contributed by atoms with van der Waals surface area (Å²) >= 11 is 7.41. The largest absolute Gasteiger partial charge is 0.342 e. The number of rotatable bonds is 4. The fourth-order valence-corrected chi connectivity index (χ4v) is 3.62. The molecular weight excluding hydrogens is 308 g/mol. The number of halogens is 1. The Kier molecular flexibility index (Phi) is 4.63. The van der Waals surface area contributed by atoms with E-state index in [2.05, 4.69) is 5.32 Å². The van der Waals surface area contributed by atoms with E-state index < -0.39 is 11.6 Å². The molecule has 1 aromatic heterocycles. The zero-order chi connectivity index (χ0) is 15.8. The molecule has 21 heavy (non-hydrogen) atoms. The lowest BCUT2D eigenvalue weighted by Gasteiger charge is -2.46. The highest BCUT2D eigenvalue weighted by Crippen LogP contribution is 2.31. The van der Waals surface area contributed by atoms with E-state index in [0.717, 1.165) is 4.88 Å². The van der Waals surface area contributed by atoms with Crippen molar-refractivity contribution in [2.45, 2.75) is 52.2 Å². The predicted octanol–water partition coefficient (Wildman–Crippen LogP) is 3.05. The molecular formula is C15H21ClN2O2S. The van der Waals surface area contributed by atoms with Gasteiger partial charge in [-0.15, -0.1) is 11.3 Å². The fourth-order valence-electron chi connectivity index (χ4n) is 2.54. The molecule has 1 saturated heterocycles. The Morgan fingerprint density at radius 3 is 2.57 bits per heavy atom. The maximum absolute atomic E-state index is 12.8. The van der Waals surface area contributed by atoms with E-state index in [9.17, 15) is 9.59 Å². The van der Waals surface area contributed by atoms with Gasteiger partial charge in [0.25, 0.3) is 0 Å². The lowest BCUT2D eigenvalue weighted by molar-refractivity contribution is -0.158. The molecule has 0 saturated carbocycles. The van der Waals surface area contributed by atoms with Crippen LogP contribution < -0.4 is 5.32 Å². The van der Waals surface area contributed by atoms with Gasteiger partial charge in [0.2, 0.25) is 11.8 Å². The van der Waals surface area contributed by atoms with E-state index in [4.69, 9.17) is 11.6 Å². The molecule has 1 aromatic rings. The van der Waals surface area contributed by atoms with Crippen molar-refractivity contribution in [1.29, 1.82) is 0 Å². The molecule has 2 amide bonds. The molecule has 1 aliphatic heterocycles. The molecule has 4 nitrogen and oxygen atoms in total. The SMILES string of the molecule is CCC1(C)C(=O)NC(C(C)C)C(=O)N1Cc1ccc(Cl)s1. The van der Waals surface area contributed by atoms with Crippen LogP contribution in [0.5, 0.6) is 0 Å². The summed E-state index contributed by atoms with van der Waals surface area (Å²) < 4.78 is 0.692. The molecule has 2 atom stereocenters. The molecule has 1 fully saturated rings. The maximum atomic E-state index is 12.8. The zero-order valence-electron chi connectivity index (χ0n) is 12.8. The molecule has 1 N–H and O–H groups in total. The van der Waals surface area contributed by atoms with Gasteiger partial charge in [-0.1, -0.05) is 32.4 Å². The van der Waals surface area contributed by atoms with Crippen molar-refractivity contribution in [3.8, 4) is 0 Å². The highest BCUT2D eigenvalue weighted by molar-refractivity contribution is 7.16. The van der Waals surface area contributed by atoms with E-state index >= 15 is 0 Å². The molecule has 0 bridgehead atoms. The number of piperazine rings is 1. The first-order valence-electron chi connectivity index (χ1n) is 7.16. The van der Waals surface area contributed by atoms with Crippen LogP contribution in [-0.4, -0.2) is 28.3 Å². The van der Waals surface area contributed by atoms with Crippen LogP contribution in [0.3, 0.4) is 0 Å². The minimum atomic E-state index is -0.807. The third kappa shape index (κ3) is 2.94. The summed E-state index contributed by atoms with van der Waals surface area (Å²) in [6.45, 7) is 8.06. The minimum Gasteiger partial charge on any atom is -0.342 e. The van der Waals surface area contributed by atoms with Gasteiger partial charge >= 0.3 is 0 Å². The van der Waals surface area contributed by atoms with E-state index in [1.54, 1.807) is 4.90 Å². The first kappa shape index (κ1) is 16.3. The molecule has 0 spiro atoms. The Balaban J connectivity index is 2.34. The molecule has 6 heteroatoms. The first-order chi connectivity index (χ1) is 9.79. The van der Waals surface area contributed by atoms with Crippen molar-refractivity contribution in [2.75, 3.05) is 0 Å². The monoisotopic (exact) mass is 328 g/mol. The van der Waals surface area contributed by atoms with Crippen molar-refractivity contribution in [3.05, 3.63) is 21.3 Å². The Morgan fingerprint density at radius 1 is 1.43 bits per heavy atom. The van der Waals surface area contributed by atoms with E-state index in [0.29, 0.717) is 17.3 Å². The molecule has 0 aliphatic carbocycles. The van der Waals surface area contributed by atoms with Crippen molar-refractivity contribution >= 4 is 34.8 Å². The van der Waals surface area contributed by atoms with Crippen molar-refractivity contribution in [3.63, 3.8) is 0 Å². The van der Waals surface area contributed by atoms with Crippen LogP contribution in [0, 0.1) is 5.92 Å². The highest BCUT2D eigenvalue weighted by Gasteiger charge is 2.48. The number of carbonyl (C=O) groups is 2. The van der Waals surface area contributed by atoms with E-state index in [-0.39, 0.29) is 17.7 Å². The number of hydrogen-bond donors (Lipinski definition) is 1. The average Bonchev–Trinajstić information content (AvgIpc) is 2.84. The van der Waals surface area contributed by atoms with Gasteiger partial charge in [-0.25, -0.2) is 0 Å². The van der Waals surface area contributed by atoms with Gasteiger partial charge < -0.3 is 10.2 Å². The minimum absolute atomic E-state index is 0.0153. The summed E-state index contributed by atoms with van der Waals surface area (Å²) in [5.74, 6) is -0.0262. The second-order valence-corrected chi connectivity index (χ2v) is 7.75. The molecule has 1 aliphatic rings. The summed E-state index contributed by atoms with van der Waals surface area (Å²) in [7, 11) is 0. The van der Waals surface area contributed by atoms with Gasteiger partial charge in [0.15, 0.2) is 0 Å². The molecule has 0 radical (unpaired) electrons. The van der Waals surface area contributed by atoms with Gasteiger partial charge in [-0.2, -0.15) is 0 Å². The third-order valence-corrected chi connectivity index (χ3v) is 5.42. The summed E-state index contributed by atoms with van der Waals surface area (Å²) in [5, 5.41) is 2.88. The van der Waals surface area contributed by atoms with Gasteiger partial charge in [-0.05, 0) is 31.4 Å². The number of amides is 2. The van der Waals surface area contributed by atoms with Gasteiger partial charge in [0, 0.05) is 4.88 Å². The van der Waals surface area contributed by atoms with Crippen molar-refractivity contribution in [1.82, 2.24) is 10.2 Å². The van der Waals surface area contributed by atoms with Crippen LogP contribution in [0.1, 0.15) is 39.0 Å². The molecule has 2 unspecified atom stereocenters. The zero-order valence-corrected chi connectivity index (χ0v) is 14.3. The molecule has 0 aromatic carbocycles. The average molecular weight is 329 g/mol. The standard InChI is InChI=1S/C15H21ClN2O2S/c1-5-15(4)14(20)17-12(9(2)3)13(19)18(15)8-10-6-7-11(16)21-10/h6-7,9,12H,5,8H2,1-4H3,(H,17,20). The Morgan fingerprint density at radius 2 is 2.10 bits per heavy atom.